The van der Waals surface area contributed by atoms with Crippen molar-refractivity contribution in [1.29, 1.82) is 0 Å². The molecule has 9 heteroatoms. The summed E-state index contributed by atoms with van der Waals surface area (Å²) in [5.41, 5.74) is 6.23. The number of anilines is 1. The summed E-state index contributed by atoms with van der Waals surface area (Å²) in [5, 5.41) is 11.7. The van der Waals surface area contributed by atoms with E-state index in [0.717, 1.165) is 33.5 Å². The van der Waals surface area contributed by atoms with E-state index in [9.17, 15) is 4.79 Å². The van der Waals surface area contributed by atoms with Gasteiger partial charge in [0.2, 0.25) is 5.82 Å². The maximum Gasteiger partial charge on any atom is 0.289 e. The number of carbonyl (C=O) groups excluding carboxylic acids is 1. The SMILES string of the molecule is Cc1cccc(CNc2nc(C(=O)NCc3cc(Cl)ccn3)nc3ccc(-c4c(C)noc4C)cc23)c1. The van der Waals surface area contributed by atoms with Crippen LogP contribution in [0, 0.1) is 20.8 Å². The fourth-order valence-corrected chi connectivity index (χ4v) is 4.40. The molecule has 5 aromatic rings. The summed E-state index contributed by atoms with van der Waals surface area (Å²) in [6.45, 7) is 6.59. The van der Waals surface area contributed by atoms with Crippen LogP contribution < -0.4 is 10.6 Å². The Balaban J connectivity index is 1.50. The van der Waals surface area contributed by atoms with Gasteiger partial charge in [0.05, 0.1) is 23.4 Å². The quantitative estimate of drug-likeness (QED) is 0.284. The lowest BCUT2D eigenvalue weighted by Crippen LogP contribution is -2.25. The minimum Gasteiger partial charge on any atom is -0.365 e. The predicted octanol–water partition coefficient (Wildman–Crippen LogP) is 5.80. The second-order valence-corrected chi connectivity index (χ2v) is 9.25. The summed E-state index contributed by atoms with van der Waals surface area (Å²) in [4.78, 5) is 26.4. The Kier molecular flexibility index (Phi) is 6.83. The molecule has 8 nitrogen and oxygen atoms in total. The van der Waals surface area contributed by atoms with E-state index in [1.807, 2.05) is 44.2 Å². The highest BCUT2D eigenvalue weighted by atomic mass is 35.5. The van der Waals surface area contributed by atoms with E-state index in [4.69, 9.17) is 16.1 Å². The molecule has 37 heavy (non-hydrogen) atoms. The largest absolute Gasteiger partial charge is 0.365 e. The molecule has 1 amide bonds. The summed E-state index contributed by atoms with van der Waals surface area (Å²) in [5.74, 6) is 0.951. The molecule has 186 valence electrons. The molecule has 0 bridgehead atoms. The first-order valence-electron chi connectivity index (χ1n) is 11.8. The first-order chi connectivity index (χ1) is 17.9. The van der Waals surface area contributed by atoms with Crippen LogP contribution in [0.15, 0.2) is 65.3 Å². The standard InChI is InChI=1S/C28H25ClN6O2/c1-16-5-4-6-19(11-16)14-31-26-23-12-20(25-17(2)35-37-18(25)3)7-8-24(23)33-27(34-26)28(36)32-15-22-13-21(29)9-10-30-22/h4-13H,14-15H2,1-3H3,(H,32,36)(H,31,33,34). The molecule has 0 fully saturated rings. The predicted molar refractivity (Wildman–Crippen MR) is 143 cm³/mol. The normalized spacial score (nSPS) is 11.0. The van der Waals surface area contributed by atoms with Crippen LogP contribution in [0.2, 0.25) is 5.02 Å². The highest BCUT2D eigenvalue weighted by Crippen LogP contribution is 2.31. The fourth-order valence-electron chi connectivity index (χ4n) is 4.22. The van der Waals surface area contributed by atoms with E-state index < -0.39 is 5.91 Å². The van der Waals surface area contributed by atoms with E-state index in [-0.39, 0.29) is 12.4 Å². The second-order valence-electron chi connectivity index (χ2n) is 8.82. The van der Waals surface area contributed by atoms with Crippen molar-refractivity contribution in [3.63, 3.8) is 0 Å². The Morgan fingerprint density at radius 3 is 2.62 bits per heavy atom. The van der Waals surface area contributed by atoms with E-state index in [0.29, 0.717) is 28.6 Å². The van der Waals surface area contributed by atoms with Gasteiger partial charge in [-0.05, 0) is 56.2 Å². The number of fused-ring (bicyclic) bond motifs is 1. The van der Waals surface area contributed by atoms with E-state index in [2.05, 4.69) is 49.8 Å². The molecular formula is C28H25ClN6O2. The number of carbonyl (C=O) groups is 1. The molecular weight excluding hydrogens is 488 g/mol. The molecule has 0 spiro atoms. The lowest BCUT2D eigenvalue weighted by molar-refractivity contribution is 0.0940. The molecule has 0 saturated carbocycles. The monoisotopic (exact) mass is 512 g/mol. The van der Waals surface area contributed by atoms with Gasteiger partial charge in [-0.3, -0.25) is 9.78 Å². The number of hydrogen-bond donors (Lipinski definition) is 2. The van der Waals surface area contributed by atoms with Crippen LogP contribution in [0.5, 0.6) is 0 Å². The number of amides is 1. The number of aryl methyl sites for hydroxylation is 3. The van der Waals surface area contributed by atoms with Gasteiger partial charge in [-0.2, -0.15) is 0 Å². The van der Waals surface area contributed by atoms with Crippen molar-refractivity contribution in [3.05, 3.63) is 99.9 Å². The van der Waals surface area contributed by atoms with Gasteiger partial charge in [0.25, 0.3) is 5.91 Å². The third-order valence-corrected chi connectivity index (χ3v) is 6.21. The van der Waals surface area contributed by atoms with E-state index >= 15 is 0 Å². The van der Waals surface area contributed by atoms with Crippen LogP contribution >= 0.6 is 11.6 Å². The van der Waals surface area contributed by atoms with Gasteiger partial charge in [0, 0.05) is 28.7 Å². The summed E-state index contributed by atoms with van der Waals surface area (Å²) >= 11 is 6.03. The zero-order chi connectivity index (χ0) is 25.9. The Morgan fingerprint density at radius 1 is 1.00 bits per heavy atom. The molecule has 0 aliphatic rings. The van der Waals surface area contributed by atoms with Crippen molar-refractivity contribution >= 4 is 34.2 Å². The lowest BCUT2D eigenvalue weighted by Gasteiger charge is -2.13. The number of rotatable bonds is 7. The molecule has 0 aliphatic carbocycles. The number of aromatic nitrogens is 4. The van der Waals surface area contributed by atoms with Gasteiger partial charge < -0.3 is 15.2 Å². The first kappa shape index (κ1) is 24.4. The molecule has 0 radical (unpaired) electrons. The van der Waals surface area contributed by atoms with Crippen molar-refractivity contribution < 1.29 is 9.32 Å². The Hall–Kier alpha value is -4.30. The Labute approximate surface area is 219 Å². The third-order valence-electron chi connectivity index (χ3n) is 5.97. The first-order valence-corrected chi connectivity index (χ1v) is 12.2. The van der Waals surface area contributed by atoms with Crippen molar-refractivity contribution in [2.24, 2.45) is 0 Å². The Bertz CT molecular complexity index is 1590. The topological polar surface area (TPSA) is 106 Å². The molecule has 2 aromatic carbocycles. The summed E-state index contributed by atoms with van der Waals surface area (Å²) in [6, 6.07) is 17.4. The van der Waals surface area contributed by atoms with Gasteiger partial charge in [-0.1, -0.05) is 52.7 Å². The van der Waals surface area contributed by atoms with Gasteiger partial charge in [0.1, 0.15) is 11.6 Å². The van der Waals surface area contributed by atoms with Crippen LogP contribution in [-0.4, -0.2) is 26.0 Å². The molecule has 0 saturated heterocycles. The highest BCUT2D eigenvalue weighted by molar-refractivity contribution is 6.30. The zero-order valence-corrected chi connectivity index (χ0v) is 21.4. The van der Waals surface area contributed by atoms with Gasteiger partial charge in [-0.15, -0.1) is 0 Å². The molecule has 5 rings (SSSR count). The number of nitrogens with one attached hydrogen (secondary N) is 2. The summed E-state index contributed by atoms with van der Waals surface area (Å²) in [6.07, 6.45) is 1.60. The minimum atomic E-state index is -0.405. The van der Waals surface area contributed by atoms with Crippen molar-refractivity contribution in [3.8, 4) is 11.1 Å². The minimum absolute atomic E-state index is 0.0614. The van der Waals surface area contributed by atoms with Crippen LogP contribution in [0.25, 0.3) is 22.0 Å². The summed E-state index contributed by atoms with van der Waals surface area (Å²) < 4.78 is 5.37. The molecule has 3 aromatic heterocycles. The smallest absolute Gasteiger partial charge is 0.289 e. The Morgan fingerprint density at radius 2 is 1.86 bits per heavy atom. The molecule has 3 heterocycles. The van der Waals surface area contributed by atoms with Gasteiger partial charge >= 0.3 is 0 Å². The van der Waals surface area contributed by atoms with Gasteiger partial charge in [0.15, 0.2) is 0 Å². The number of hydrogen-bond acceptors (Lipinski definition) is 7. The number of nitrogens with zero attached hydrogens (tertiary/aromatic N) is 4. The number of halogens is 1. The van der Waals surface area contributed by atoms with Crippen LogP contribution in [0.1, 0.15) is 38.9 Å². The maximum atomic E-state index is 13.0. The second kappa shape index (κ2) is 10.4. The molecule has 2 N–H and O–H groups in total. The fraction of sp³-hybridized carbons (Fsp3) is 0.179. The van der Waals surface area contributed by atoms with Crippen molar-refractivity contribution in [1.82, 2.24) is 25.4 Å². The molecule has 0 unspecified atom stereocenters. The average Bonchev–Trinajstić information content (AvgIpc) is 3.23. The van der Waals surface area contributed by atoms with Gasteiger partial charge in [-0.25, -0.2) is 9.97 Å². The average molecular weight is 513 g/mol. The molecule has 0 atom stereocenters. The van der Waals surface area contributed by atoms with E-state index in [1.54, 1.807) is 18.3 Å². The number of pyridine rings is 1. The number of benzene rings is 2. The maximum absolute atomic E-state index is 13.0. The van der Waals surface area contributed by atoms with Crippen LogP contribution in [0.4, 0.5) is 5.82 Å². The highest BCUT2D eigenvalue weighted by Gasteiger charge is 2.17. The van der Waals surface area contributed by atoms with Crippen molar-refractivity contribution in [2.75, 3.05) is 5.32 Å². The van der Waals surface area contributed by atoms with E-state index in [1.165, 1.54) is 5.56 Å². The van der Waals surface area contributed by atoms with Crippen LogP contribution in [-0.2, 0) is 13.1 Å². The van der Waals surface area contributed by atoms with Crippen LogP contribution in [0.3, 0.4) is 0 Å². The lowest BCUT2D eigenvalue weighted by atomic mass is 10.0. The third kappa shape index (κ3) is 5.44. The van der Waals surface area contributed by atoms with Crippen molar-refractivity contribution in [2.45, 2.75) is 33.9 Å². The molecule has 0 aliphatic heterocycles. The summed E-state index contributed by atoms with van der Waals surface area (Å²) in [7, 11) is 0. The zero-order valence-electron chi connectivity index (χ0n) is 20.7.